The molecule has 1 unspecified atom stereocenters. The van der Waals surface area contributed by atoms with Gasteiger partial charge < -0.3 is 10.8 Å². The van der Waals surface area contributed by atoms with E-state index in [4.69, 9.17) is 10.8 Å². The Bertz CT molecular complexity index is 340. The largest absolute Gasteiger partial charge is 0.481 e. The summed E-state index contributed by atoms with van der Waals surface area (Å²) in [6.07, 6.45) is 3.12. The van der Waals surface area contributed by atoms with Crippen LogP contribution in [0.3, 0.4) is 0 Å². The monoisotopic (exact) mass is 305 g/mol. The minimum absolute atomic E-state index is 0.280. The van der Waals surface area contributed by atoms with Crippen molar-refractivity contribution in [1.82, 2.24) is 0 Å². The average Bonchev–Trinajstić information content (AvgIpc) is 2.63. The highest BCUT2D eigenvalue weighted by Crippen LogP contribution is 2.25. The number of unbranched alkanes of at least 4 members (excludes halogenated alkanes) is 1. The molecule has 1 atom stereocenters. The van der Waals surface area contributed by atoms with Crippen molar-refractivity contribution in [2.24, 2.45) is 11.7 Å². The Morgan fingerprint density at radius 2 is 2.25 bits per heavy atom. The minimum atomic E-state index is -0.707. The van der Waals surface area contributed by atoms with Crippen LogP contribution in [0.15, 0.2) is 15.9 Å². The van der Waals surface area contributed by atoms with Gasteiger partial charge in [0.2, 0.25) is 0 Å². The number of rotatable bonds is 7. The Morgan fingerprint density at radius 3 is 2.75 bits per heavy atom. The van der Waals surface area contributed by atoms with Crippen LogP contribution in [0.4, 0.5) is 0 Å². The van der Waals surface area contributed by atoms with Crippen LogP contribution in [0.2, 0.25) is 0 Å². The molecule has 0 fully saturated rings. The van der Waals surface area contributed by atoms with Crippen molar-refractivity contribution in [3.8, 4) is 0 Å². The summed E-state index contributed by atoms with van der Waals surface area (Å²) in [6.45, 7) is 0.636. The molecule has 3 nitrogen and oxygen atoms in total. The lowest BCUT2D eigenvalue weighted by Crippen LogP contribution is -2.16. The van der Waals surface area contributed by atoms with E-state index in [1.807, 2.05) is 12.1 Å². The summed E-state index contributed by atoms with van der Waals surface area (Å²) in [6, 6.07) is 3.94. The van der Waals surface area contributed by atoms with E-state index in [-0.39, 0.29) is 5.92 Å². The molecule has 1 aromatic heterocycles. The fourth-order valence-electron chi connectivity index (χ4n) is 1.55. The van der Waals surface area contributed by atoms with Gasteiger partial charge in [-0.3, -0.25) is 4.79 Å². The zero-order chi connectivity index (χ0) is 12.0. The molecule has 0 amide bonds. The number of nitrogens with two attached hydrogens (primary N) is 1. The van der Waals surface area contributed by atoms with Crippen LogP contribution in [0.25, 0.3) is 0 Å². The SMILES string of the molecule is NCCCCC(Cc1ccc(Br)s1)C(=O)O. The summed E-state index contributed by atoms with van der Waals surface area (Å²) in [5, 5.41) is 9.10. The van der Waals surface area contributed by atoms with E-state index in [0.29, 0.717) is 19.4 Å². The van der Waals surface area contributed by atoms with Crippen LogP contribution in [0, 0.1) is 5.92 Å². The molecule has 0 aliphatic carbocycles. The number of thiophene rings is 1. The number of carboxylic acid groups (broad SMARTS) is 1. The molecule has 1 heterocycles. The number of aliphatic carboxylic acids is 1. The molecule has 0 saturated carbocycles. The third-order valence-corrected chi connectivity index (χ3v) is 4.08. The quantitative estimate of drug-likeness (QED) is 0.761. The second-order valence-electron chi connectivity index (χ2n) is 3.73. The summed E-state index contributed by atoms with van der Waals surface area (Å²) < 4.78 is 1.05. The van der Waals surface area contributed by atoms with Crippen LogP contribution in [-0.2, 0) is 11.2 Å². The number of carboxylic acids is 1. The number of hydrogen-bond donors (Lipinski definition) is 2. The van der Waals surface area contributed by atoms with Crippen molar-refractivity contribution in [2.45, 2.75) is 25.7 Å². The van der Waals surface area contributed by atoms with Crippen LogP contribution in [0.1, 0.15) is 24.1 Å². The molecule has 0 aliphatic heterocycles. The van der Waals surface area contributed by atoms with Crippen molar-refractivity contribution in [3.63, 3.8) is 0 Å². The van der Waals surface area contributed by atoms with Gasteiger partial charge in [-0.15, -0.1) is 11.3 Å². The number of hydrogen-bond acceptors (Lipinski definition) is 3. The third kappa shape index (κ3) is 4.63. The van der Waals surface area contributed by atoms with Crippen molar-refractivity contribution in [2.75, 3.05) is 6.54 Å². The highest BCUT2D eigenvalue weighted by atomic mass is 79.9. The molecule has 0 aromatic carbocycles. The fourth-order valence-corrected chi connectivity index (χ4v) is 3.12. The standard InChI is InChI=1S/C11H16BrNO2S/c12-10-5-4-9(16-10)7-8(11(14)15)3-1-2-6-13/h4-5,8H,1-3,6-7,13H2,(H,14,15). The molecule has 16 heavy (non-hydrogen) atoms. The van der Waals surface area contributed by atoms with Gasteiger partial charge in [0.05, 0.1) is 9.70 Å². The Balaban J connectivity index is 2.47. The molecule has 0 spiro atoms. The zero-order valence-electron chi connectivity index (χ0n) is 8.99. The van der Waals surface area contributed by atoms with Crippen molar-refractivity contribution < 1.29 is 9.90 Å². The molecule has 1 aromatic rings. The Labute approximate surface area is 108 Å². The van der Waals surface area contributed by atoms with Crippen LogP contribution < -0.4 is 5.73 Å². The van der Waals surface area contributed by atoms with Gasteiger partial charge in [-0.25, -0.2) is 0 Å². The molecular formula is C11H16BrNO2S. The van der Waals surface area contributed by atoms with Gasteiger partial charge in [0.1, 0.15) is 0 Å². The first-order valence-electron chi connectivity index (χ1n) is 5.30. The maximum absolute atomic E-state index is 11.1. The van der Waals surface area contributed by atoms with Crippen LogP contribution in [-0.4, -0.2) is 17.6 Å². The average molecular weight is 306 g/mol. The predicted octanol–water partition coefficient (Wildman–Crippen LogP) is 2.88. The predicted molar refractivity (Wildman–Crippen MR) is 69.8 cm³/mol. The summed E-state index contributed by atoms with van der Waals surface area (Å²) in [4.78, 5) is 12.2. The Morgan fingerprint density at radius 1 is 1.50 bits per heavy atom. The van der Waals surface area contributed by atoms with Crippen molar-refractivity contribution in [1.29, 1.82) is 0 Å². The van der Waals surface area contributed by atoms with Crippen molar-refractivity contribution in [3.05, 3.63) is 20.8 Å². The summed E-state index contributed by atoms with van der Waals surface area (Å²) in [5.74, 6) is -0.987. The van der Waals surface area contributed by atoms with Gasteiger partial charge >= 0.3 is 5.97 Å². The van der Waals surface area contributed by atoms with Gasteiger partial charge in [0.25, 0.3) is 0 Å². The van der Waals surface area contributed by atoms with Gasteiger partial charge in [-0.2, -0.15) is 0 Å². The summed E-state index contributed by atoms with van der Waals surface area (Å²) in [7, 11) is 0. The van der Waals surface area contributed by atoms with Gasteiger partial charge in [-0.1, -0.05) is 6.42 Å². The van der Waals surface area contributed by atoms with Gasteiger partial charge in [-0.05, 0) is 53.9 Å². The lowest BCUT2D eigenvalue weighted by molar-refractivity contribution is -0.141. The normalized spacial score (nSPS) is 12.6. The Hall–Kier alpha value is -0.390. The van der Waals surface area contributed by atoms with E-state index >= 15 is 0 Å². The zero-order valence-corrected chi connectivity index (χ0v) is 11.4. The smallest absolute Gasteiger partial charge is 0.306 e. The lowest BCUT2D eigenvalue weighted by atomic mass is 9.98. The highest BCUT2D eigenvalue weighted by molar-refractivity contribution is 9.11. The molecule has 0 aliphatic rings. The first-order chi connectivity index (χ1) is 7.63. The maximum Gasteiger partial charge on any atom is 0.306 e. The summed E-state index contributed by atoms with van der Waals surface area (Å²) in [5.41, 5.74) is 5.40. The highest BCUT2D eigenvalue weighted by Gasteiger charge is 2.18. The van der Waals surface area contributed by atoms with Crippen LogP contribution >= 0.6 is 27.3 Å². The van der Waals surface area contributed by atoms with E-state index in [0.717, 1.165) is 21.5 Å². The molecule has 0 saturated heterocycles. The fraction of sp³-hybridized carbons (Fsp3) is 0.545. The van der Waals surface area contributed by atoms with E-state index in [1.165, 1.54) is 0 Å². The molecule has 90 valence electrons. The maximum atomic E-state index is 11.1. The lowest BCUT2D eigenvalue weighted by Gasteiger charge is -2.10. The minimum Gasteiger partial charge on any atom is -0.481 e. The van der Waals surface area contributed by atoms with E-state index < -0.39 is 5.97 Å². The van der Waals surface area contributed by atoms with Gasteiger partial charge in [0, 0.05) is 4.88 Å². The molecule has 0 radical (unpaired) electrons. The van der Waals surface area contributed by atoms with E-state index in [2.05, 4.69) is 15.9 Å². The van der Waals surface area contributed by atoms with E-state index in [9.17, 15) is 4.79 Å². The summed E-state index contributed by atoms with van der Waals surface area (Å²) >= 11 is 4.98. The first-order valence-corrected chi connectivity index (χ1v) is 6.91. The first kappa shape index (κ1) is 13.7. The van der Waals surface area contributed by atoms with Gasteiger partial charge in [0.15, 0.2) is 0 Å². The second kappa shape index (κ2) is 7.04. The molecule has 0 bridgehead atoms. The second-order valence-corrected chi connectivity index (χ2v) is 6.28. The molecule has 5 heteroatoms. The Kier molecular flexibility index (Phi) is 6.01. The molecular weight excluding hydrogens is 290 g/mol. The molecule has 1 rings (SSSR count). The van der Waals surface area contributed by atoms with Crippen molar-refractivity contribution >= 4 is 33.2 Å². The molecule has 3 N–H and O–H groups in total. The van der Waals surface area contributed by atoms with E-state index in [1.54, 1.807) is 11.3 Å². The number of carbonyl (C=O) groups is 1. The number of halogens is 1. The van der Waals surface area contributed by atoms with Crippen LogP contribution in [0.5, 0.6) is 0 Å². The third-order valence-electron chi connectivity index (χ3n) is 2.43. The topological polar surface area (TPSA) is 63.3 Å².